The summed E-state index contributed by atoms with van der Waals surface area (Å²) < 4.78 is 26.3. The molecule has 0 saturated carbocycles. The zero-order valence-corrected chi connectivity index (χ0v) is 32.0. The minimum Gasteiger partial charge on any atom is -0.462 e. The lowest BCUT2D eigenvalue weighted by Crippen LogP contribution is -2.29. The molecule has 49 heavy (non-hydrogen) atoms. The molecule has 284 valence electrons. The first-order chi connectivity index (χ1) is 23.8. The molecule has 0 aliphatic heterocycles. The van der Waals surface area contributed by atoms with Crippen LogP contribution in [-0.4, -0.2) is 41.0 Å². The summed E-state index contributed by atoms with van der Waals surface area (Å²) in [6.07, 6.45) is 42.6. The third-order valence-electron chi connectivity index (χ3n) is 8.11. The van der Waals surface area contributed by atoms with Gasteiger partial charge < -0.3 is 19.3 Å². The highest BCUT2D eigenvalue weighted by molar-refractivity contribution is 7.46. The molecular weight excluding hydrogens is 639 g/mol. The van der Waals surface area contributed by atoms with Crippen LogP contribution in [0.3, 0.4) is 0 Å². The van der Waals surface area contributed by atoms with Gasteiger partial charge in [0, 0.05) is 12.8 Å². The molecule has 0 aliphatic rings. The lowest BCUT2D eigenvalue weighted by atomic mass is 10.1. The van der Waals surface area contributed by atoms with E-state index in [4.69, 9.17) is 19.3 Å². The molecule has 0 aromatic rings. The van der Waals surface area contributed by atoms with Gasteiger partial charge in [0.1, 0.15) is 6.61 Å². The lowest BCUT2D eigenvalue weighted by Gasteiger charge is -2.18. The van der Waals surface area contributed by atoms with Crippen molar-refractivity contribution >= 4 is 19.8 Å². The van der Waals surface area contributed by atoms with Crippen LogP contribution in [0.15, 0.2) is 48.6 Å². The number of allylic oxidation sites excluding steroid dienone is 8. The summed E-state index contributed by atoms with van der Waals surface area (Å²) in [7, 11) is -4.75. The van der Waals surface area contributed by atoms with Crippen LogP contribution in [0.25, 0.3) is 0 Å². The molecule has 0 spiro atoms. The highest BCUT2D eigenvalue weighted by Crippen LogP contribution is 2.36. The normalized spacial score (nSPS) is 13.0. The first kappa shape index (κ1) is 47.0. The average molecular weight is 711 g/mol. The van der Waals surface area contributed by atoms with E-state index in [1.807, 2.05) is 0 Å². The van der Waals surface area contributed by atoms with Crippen molar-refractivity contribution in [3.8, 4) is 0 Å². The molecule has 0 radical (unpaired) electrons. The summed E-state index contributed by atoms with van der Waals surface area (Å²) in [4.78, 5) is 42.7. The molecule has 0 heterocycles. The summed E-state index contributed by atoms with van der Waals surface area (Å²) >= 11 is 0. The van der Waals surface area contributed by atoms with E-state index in [0.717, 1.165) is 70.6 Å². The molecule has 0 fully saturated rings. The fraction of sp³-hybridized carbons (Fsp3) is 0.750. The Morgan fingerprint density at radius 1 is 0.551 bits per heavy atom. The molecule has 1 unspecified atom stereocenters. The Bertz CT molecular complexity index is 937. The molecule has 0 rings (SSSR count). The Kier molecular flexibility index (Phi) is 34.4. The van der Waals surface area contributed by atoms with Crippen LogP contribution in [0.5, 0.6) is 0 Å². The molecule has 1 atom stereocenters. The van der Waals surface area contributed by atoms with Gasteiger partial charge in [0.05, 0.1) is 6.61 Å². The van der Waals surface area contributed by atoms with E-state index < -0.39 is 32.5 Å². The van der Waals surface area contributed by atoms with Gasteiger partial charge >= 0.3 is 19.8 Å². The Morgan fingerprint density at radius 2 is 0.980 bits per heavy atom. The van der Waals surface area contributed by atoms with Gasteiger partial charge in [-0.05, 0) is 51.4 Å². The van der Waals surface area contributed by atoms with Gasteiger partial charge in [-0.25, -0.2) is 4.57 Å². The molecule has 0 aromatic carbocycles. The van der Waals surface area contributed by atoms with Crippen molar-refractivity contribution in [2.75, 3.05) is 13.2 Å². The van der Waals surface area contributed by atoms with Crippen molar-refractivity contribution in [1.29, 1.82) is 0 Å². The first-order valence-corrected chi connectivity index (χ1v) is 21.0. The van der Waals surface area contributed by atoms with E-state index in [0.29, 0.717) is 6.42 Å². The van der Waals surface area contributed by atoms with Gasteiger partial charge in [-0.2, -0.15) is 0 Å². The van der Waals surface area contributed by atoms with Gasteiger partial charge in [-0.3, -0.25) is 14.1 Å². The third kappa shape index (κ3) is 38.7. The molecule has 0 saturated heterocycles. The highest BCUT2D eigenvalue weighted by atomic mass is 31.2. The molecule has 2 N–H and O–H groups in total. The maximum absolute atomic E-state index is 12.4. The SMILES string of the molecule is CC/C=C\C/C=C\C/C=C\C/C=C\CCCCCCCCCCC(=O)OC(COC(=O)CCCCCCCCCCCC)COP(=O)(O)O. The first-order valence-electron chi connectivity index (χ1n) is 19.4. The Balaban J connectivity index is 3.93. The number of unbranched alkanes of at least 4 members (excludes halogenated alkanes) is 17. The molecule has 0 amide bonds. The van der Waals surface area contributed by atoms with Crippen LogP contribution in [0.4, 0.5) is 0 Å². The van der Waals surface area contributed by atoms with Crippen LogP contribution < -0.4 is 0 Å². The van der Waals surface area contributed by atoms with Crippen molar-refractivity contribution < 1.29 is 37.9 Å². The Labute approximate surface area is 299 Å². The maximum atomic E-state index is 12.4. The predicted octanol–water partition coefficient (Wildman–Crippen LogP) is 11.6. The summed E-state index contributed by atoms with van der Waals surface area (Å²) in [5, 5.41) is 0. The molecule has 0 aliphatic carbocycles. The van der Waals surface area contributed by atoms with E-state index in [-0.39, 0.29) is 19.4 Å². The maximum Gasteiger partial charge on any atom is 0.469 e. The molecule has 0 bridgehead atoms. The van der Waals surface area contributed by atoms with E-state index in [1.165, 1.54) is 70.6 Å². The van der Waals surface area contributed by atoms with Gasteiger partial charge in [0.2, 0.25) is 0 Å². The summed E-state index contributed by atoms with van der Waals surface area (Å²) in [6, 6.07) is 0. The van der Waals surface area contributed by atoms with Gasteiger partial charge in [-0.1, -0.05) is 159 Å². The molecule has 0 aromatic heterocycles. The number of carbonyl (C=O) groups excluding carboxylic acids is 2. The lowest BCUT2D eigenvalue weighted by molar-refractivity contribution is -0.161. The second-order valence-corrected chi connectivity index (χ2v) is 14.1. The standard InChI is InChI=1S/C40H71O8P/c1-3-5-7-9-11-13-15-16-17-18-19-20-21-22-23-24-25-27-29-31-33-35-40(42)48-38(37-47-49(43,44)45)36-46-39(41)34-32-30-28-26-14-12-10-8-6-4-2/h5,7,11,13,16-17,19-20,38H,3-4,6,8-10,12,14-15,18,21-37H2,1-2H3,(H2,43,44,45)/b7-5-,13-11-,17-16-,20-19-. The van der Waals surface area contributed by atoms with Crippen LogP contribution in [0.2, 0.25) is 0 Å². The summed E-state index contributed by atoms with van der Waals surface area (Å²) in [6.45, 7) is 3.54. The second kappa shape index (κ2) is 35.8. The fourth-order valence-corrected chi connectivity index (χ4v) is 5.61. The minimum absolute atomic E-state index is 0.202. The second-order valence-electron chi connectivity index (χ2n) is 12.9. The molecule has 8 nitrogen and oxygen atoms in total. The molecular formula is C40H71O8P. The van der Waals surface area contributed by atoms with Crippen molar-refractivity contribution in [3.63, 3.8) is 0 Å². The summed E-state index contributed by atoms with van der Waals surface area (Å²) in [5.74, 6) is -0.896. The minimum atomic E-state index is -4.75. The average Bonchev–Trinajstić information content (AvgIpc) is 3.07. The van der Waals surface area contributed by atoms with Crippen LogP contribution >= 0.6 is 7.82 Å². The largest absolute Gasteiger partial charge is 0.469 e. The number of carbonyl (C=O) groups is 2. The highest BCUT2D eigenvalue weighted by Gasteiger charge is 2.22. The summed E-state index contributed by atoms with van der Waals surface area (Å²) in [5.41, 5.74) is 0. The monoisotopic (exact) mass is 710 g/mol. The molecule has 9 heteroatoms. The zero-order valence-electron chi connectivity index (χ0n) is 31.1. The zero-order chi connectivity index (χ0) is 36.1. The Hall–Kier alpha value is -1.99. The van der Waals surface area contributed by atoms with E-state index in [2.05, 4.69) is 67.0 Å². The Morgan fingerprint density at radius 3 is 1.47 bits per heavy atom. The topological polar surface area (TPSA) is 119 Å². The van der Waals surface area contributed by atoms with Gasteiger partial charge in [-0.15, -0.1) is 0 Å². The smallest absolute Gasteiger partial charge is 0.462 e. The van der Waals surface area contributed by atoms with Crippen molar-refractivity contribution in [3.05, 3.63) is 48.6 Å². The number of hydrogen-bond acceptors (Lipinski definition) is 6. The van der Waals surface area contributed by atoms with Gasteiger partial charge in [0.15, 0.2) is 6.10 Å². The number of ether oxygens (including phenoxy) is 2. The van der Waals surface area contributed by atoms with E-state index >= 15 is 0 Å². The predicted molar refractivity (Wildman–Crippen MR) is 202 cm³/mol. The van der Waals surface area contributed by atoms with Crippen molar-refractivity contribution in [2.24, 2.45) is 0 Å². The van der Waals surface area contributed by atoms with E-state index in [1.54, 1.807) is 0 Å². The van der Waals surface area contributed by atoms with E-state index in [9.17, 15) is 14.2 Å². The third-order valence-corrected chi connectivity index (χ3v) is 8.60. The quantitative estimate of drug-likeness (QED) is 0.0289. The van der Waals surface area contributed by atoms with Crippen LogP contribution in [-0.2, 0) is 28.2 Å². The van der Waals surface area contributed by atoms with Crippen LogP contribution in [0.1, 0.15) is 174 Å². The van der Waals surface area contributed by atoms with Crippen LogP contribution in [0, 0.1) is 0 Å². The number of phosphoric acid groups is 1. The number of phosphoric ester groups is 1. The number of esters is 2. The number of hydrogen-bond donors (Lipinski definition) is 2. The van der Waals surface area contributed by atoms with Crippen molar-refractivity contribution in [2.45, 2.75) is 180 Å². The number of rotatable bonds is 35. The van der Waals surface area contributed by atoms with Gasteiger partial charge in [0.25, 0.3) is 0 Å². The fourth-order valence-electron chi connectivity index (χ4n) is 5.25. The van der Waals surface area contributed by atoms with Crippen molar-refractivity contribution in [1.82, 2.24) is 0 Å².